The summed E-state index contributed by atoms with van der Waals surface area (Å²) in [6, 6.07) is 1.79. The minimum Gasteiger partial charge on any atom is -0.466 e. The SMILES string of the molecule is CCn1cc(CC(=O)c2cc(C)oc2C)cn1. The Hall–Kier alpha value is -1.84. The zero-order valence-electron chi connectivity index (χ0n) is 10.4. The van der Waals surface area contributed by atoms with E-state index in [1.807, 2.05) is 31.6 Å². The van der Waals surface area contributed by atoms with E-state index >= 15 is 0 Å². The van der Waals surface area contributed by atoms with Crippen molar-refractivity contribution in [3.63, 3.8) is 0 Å². The molecule has 0 unspecified atom stereocenters. The third-order valence-corrected chi connectivity index (χ3v) is 2.72. The van der Waals surface area contributed by atoms with Crippen LogP contribution >= 0.6 is 0 Å². The zero-order valence-corrected chi connectivity index (χ0v) is 10.4. The van der Waals surface area contributed by atoms with Gasteiger partial charge in [0.25, 0.3) is 0 Å². The Kier molecular flexibility index (Phi) is 3.13. The van der Waals surface area contributed by atoms with E-state index in [1.54, 1.807) is 12.3 Å². The van der Waals surface area contributed by atoms with Crippen molar-refractivity contribution in [1.82, 2.24) is 9.78 Å². The predicted octanol–water partition coefficient (Wildman–Crippen LogP) is 2.54. The Labute approximate surface area is 100 Å². The summed E-state index contributed by atoms with van der Waals surface area (Å²) >= 11 is 0. The molecule has 0 aromatic carbocycles. The number of hydrogen-bond donors (Lipinski definition) is 0. The Morgan fingerprint density at radius 3 is 2.76 bits per heavy atom. The minimum atomic E-state index is 0.0787. The van der Waals surface area contributed by atoms with Gasteiger partial charge in [0.15, 0.2) is 5.78 Å². The van der Waals surface area contributed by atoms with Gasteiger partial charge in [0.1, 0.15) is 11.5 Å². The van der Waals surface area contributed by atoms with Gasteiger partial charge < -0.3 is 4.42 Å². The maximum absolute atomic E-state index is 12.0. The van der Waals surface area contributed by atoms with Crippen LogP contribution in [0.3, 0.4) is 0 Å². The van der Waals surface area contributed by atoms with Crippen LogP contribution in [-0.4, -0.2) is 15.6 Å². The summed E-state index contributed by atoms with van der Waals surface area (Å²) < 4.78 is 7.17. The first kappa shape index (κ1) is 11.6. The monoisotopic (exact) mass is 232 g/mol. The van der Waals surface area contributed by atoms with E-state index in [1.165, 1.54) is 0 Å². The van der Waals surface area contributed by atoms with Gasteiger partial charge in [-0.15, -0.1) is 0 Å². The molecule has 0 aliphatic carbocycles. The molecule has 90 valence electrons. The van der Waals surface area contributed by atoms with Gasteiger partial charge in [0.2, 0.25) is 0 Å². The molecule has 2 aromatic heterocycles. The van der Waals surface area contributed by atoms with Crippen molar-refractivity contribution in [3.8, 4) is 0 Å². The number of rotatable bonds is 4. The van der Waals surface area contributed by atoms with Crippen LogP contribution in [0.5, 0.6) is 0 Å². The summed E-state index contributed by atoms with van der Waals surface area (Å²) in [6.07, 6.45) is 4.02. The molecule has 4 nitrogen and oxygen atoms in total. The quantitative estimate of drug-likeness (QED) is 0.761. The molecule has 0 spiro atoms. The fourth-order valence-electron chi connectivity index (χ4n) is 1.86. The van der Waals surface area contributed by atoms with Crippen LogP contribution < -0.4 is 0 Å². The molecule has 4 heteroatoms. The first-order chi connectivity index (χ1) is 8.10. The lowest BCUT2D eigenvalue weighted by atomic mass is 10.1. The molecular weight excluding hydrogens is 216 g/mol. The van der Waals surface area contributed by atoms with Gasteiger partial charge in [-0.1, -0.05) is 0 Å². The lowest BCUT2D eigenvalue weighted by Crippen LogP contribution is -2.03. The molecule has 0 aliphatic heterocycles. The lowest BCUT2D eigenvalue weighted by Gasteiger charge is -1.96. The van der Waals surface area contributed by atoms with Gasteiger partial charge >= 0.3 is 0 Å². The Balaban J connectivity index is 2.14. The van der Waals surface area contributed by atoms with E-state index < -0.39 is 0 Å². The molecule has 2 aromatic rings. The molecule has 0 aliphatic rings. The number of Topliss-reactive ketones (excluding diaryl/α,β-unsaturated/α-hetero) is 1. The molecule has 0 saturated carbocycles. The van der Waals surface area contributed by atoms with Gasteiger partial charge in [0, 0.05) is 19.2 Å². The van der Waals surface area contributed by atoms with E-state index in [4.69, 9.17) is 4.42 Å². The maximum atomic E-state index is 12.0. The number of aromatic nitrogens is 2. The van der Waals surface area contributed by atoms with E-state index in [0.29, 0.717) is 17.7 Å². The van der Waals surface area contributed by atoms with Gasteiger partial charge in [-0.3, -0.25) is 9.48 Å². The second-order valence-corrected chi connectivity index (χ2v) is 4.13. The molecule has 0 N–H and O–H groups in total. The highest BCUT2D eigenvalue weighted by Gasteiger charge is 2.14. The maximum Gasteiger partial charge on any atom is 0.170 e. The van der Waals surface area contributed by atoms with Gasteiger partial charge in [-0.25, -0.2) is 0 Å². The van der Waals surface area contributed by atoms with Crippen molar-refractivity contribution < 1.29 is 9.21 Å². The highest BCUT2D eigenvalue weighted by atomic mass is 16.3. The summed E-state index contributed by atoms with van der Waals surface area (Å²) in [5, 5.41) is 4.15. The van der Waals surface area contributed by atoms with Crippen molar-refractivity contribution >= 4 is 5.78 Å². The molecule has 17 heavy (non-hydrogen) atoms. The number of carbonyl (C=O) groups is 1. The molecule has 0 radical (unpaired) electrons. The van der Waals surface area contributed by atoms with Crippen LogP contribution in [0, 0.1) is 13.8 Å². The summed E-state index contributed by atoms with van der Waals surface area (Å²) in [6.45, 7) is 6.49. The van der Waals surface area contributed by atoms with E-state index in [9.17, 15) is 4.79 Å². The minimum absolute atomic E-state index is 0.0787. The van der Waals surface area contributed by atoms with Crippen LogP contribution in [0.1, 0.15) is 34.4 Å². The lowest BCUT2D eigenvalue weighted by molar-refractivity contribution is 0.0991. The number of furan rings is 1. The third kappa shape index (κ3) is 2.46. The summed E-state index contributed by atoms with van der Waals surface area (Å²) in [7, 11) is 0. The molecule has 0 amide bonds. The van der Waals surface area contributed by atoms with Crippen LogP contribution in [0.4, 0.5) is 0 Å². The Bertz CT molecular complexity index is 537. The fraction of sp³-hybridized carbons (Fsp3) is 0.385. The predicted molar refractivity (Wildman–Crippen MR) is 64.1 cm³/mol. The van der Waals surface area contributed by atoms with E-state index in [-0.39, 0.29) is 5.78 Å². The normalized spacial score (nSPS) is 10.8. The topological polar surface area (TPSA) is 48.0 Å². The van der Waals surface area contributed by atoms with Gasteiger partial charge in [-0.2, -0.15) is 5.10 Å². The highest BCUT2D eigenvalue weighted by molar-refractivity contribution is 5.98. The number of ketones is 1. The summed E-state index contributed by atoms with van der Waals surface area (Å²) in [5.74, 6) is 1.54. The average Bonchev–Trinajstić information content (AvgIpc) is 2.85. The first-order valence-corrected chi connectivity index (χ1v) is 5.71. The van der Waals surface area contributed by atoms with Crippen LogP contribution in [0.2, 0.25) is 0 Å². The molecule has 0 fully saturated rings. The highest BCUT2D eigenvalue weighted by Crippen LogP contribution is 2.16. The summed E-state index contributed by atoms with van der Waals surface area (Å²) in [5.41, 5.74) is 1.61. The molecule has 0 saturated heterocycles. The molecule has 0 atom stereocenters. The Morgan fingerprint density at radius 2 is 2.24 bits per heavy atom. The number of hydrogen-bond acceptors (Lipinski definition) is 3. The number of nitrogens with zero attached hydrogens (tertiary/aromatic N) is 2. The van der Waals surface area contributed by atoms with Gasteiger partial charge in [0.05, 0.1) is 11.8 Å². The third-order valence-electron chi connectivity index (χ3n) is 2.72. The fourth-order valence-corrected chi connectivity index (χ4v) is 1.86. The van der Waals surface area contributed by atoms with E-state index in [2.05, 4.69) is 5.10 Å². The number of carbonyl (C=O) groups excluding carboxylic acids is 1. The molecule has 0 bridgehead atoms. The number of aryl methyl sites for hydroxylation is 3. The van der Waals surface area contributed by atoms with Crippen molar-refractivity contribution in [2.75, 3.05) is 0 Å². The smallest absolute Gasteiger partial charge is 0.170 e. The average molecular weight is 232 g/mol. The second-order valence-electron chi connectivity index (χ2n) is 4.13. The Morgan fingerprint density at radius 1 is 1.47 bits per heavy atom. The molecule has 2 heterocycles. The largest absolute Gasteiger partial charge is 0.466 e. The zero-order chi connectivity index (χ0) is 12.4. The van der Waals surface area contributed by atoms with Crippen molar-refractivity contribution in [2.24, 2.45) is 0 Å². The summed E-state index contributed by atoms with van der Waals surface area (Å²) in [4.78, 5) is 12.0. The van der Waals surface area contributed by atoms with Crippen molar-refractivity contribution in [3.05, 3.63) is 41.1 Å². The second kappa shape index (κ2) is 4.57. The molecule has 2 rings (SSSR count). The van der Waals surface area contributed by atoms with Crippen LogP contribution in [-0.2, 0) is 13.0 Å². The standard InChI is InChI=1S/C13H16N2O2/c1-4-15-8-11(7-14-15)6-13(16)12-5-9(2)17-10(12)3/h5,7-8H,4,6H2,1-3H3. The van der Waals surface area contributed by atoms with Crippen LogP contribution in [0.15, 0.2) is 22.9 Å². The van der Waals surface area contributed by atoms with E-state index in [0.717, 1.165) is 17.9 Å². The van der Waals surface area contributed by atoms with Gasteiger partial charge in [-0.05, 0) is 32.4 Å². The van der Waals surface area contributed by atoms with Crippen LogP contribution in [0.25, 0.3) is 0 Å². The molecular formula is C13H16N2O2. The van der Waals surface area contributed by atoms with Crippen molar-refractivity contribution in [2.45, 2.75) is 33.7 Å². The van der Waals surface area contributed by atoms with Crippen molar-refractivity contribution in [1.29, 1.82) is 0 Å². The first-order valence-electron chi connectivity index (χ1n) is 5.71.